The molecule has 18 heavy (non-hydrogen) atoms. The number of fused-ring (bicyclic) bond motifs is 1. The molecule has 1 aliphatic carbocycles. The summed E-state index contributed by atoms with van der Waals surface area (Å²) in [6.45, 7) is 3.62. The van der Waals surface area contributed by atoms with Gasteiger partial charge in [0.05, 0.1) is 11.4 Å². The van der Waals surface area contributed by atoms with Gasteiger partial charge >= 0.3 is 0 Å². The van der Waals surface area contributed by atoms with Crippen molar-refractivity contribution in [2.45, 2.75) is 39.2 Å². The zero-order valence-corrected chi connectivity index (χ0v) is 11.3. The van der Waals surface area contributed by atoms with Crippen molar-refractivity contribution in [2.75, 3.05) is 6.54 Å². The average Bonchev–Trinajstić information content (AvgIpc) is 3.02. The average molecular weight is 263 g/mol. The zero-order chi connectivity index (χ0) is 12.4. The minimum absolute atomic E-state index is 0.647. The Balaban J connectivity index is 1.81. The second-order valence-electron chi connectivity index (χ2n) is 4.55. The number of aromatic nitrogens is 2. The molecule has 1 aliphatic rings. The highest BCUT2D eigenvalue weighted by atomic mass is 32.1. The summed E-state index contributed by atoms with van der Waals surface area (Å²) in [5, 5.41) is 11.4. The van der Waals surface area contributed by atoms with Crippen LogP contribution in [0.1, 0.15) is 36.1 Å². The molecular formula is C13H17N3OS. The second-order valence-corrected chi connectivity index (χ2v) is 5.68. The van der Waals surface area contributed by atoms with Crippen LogP contribution < -0.4 is 5.32 Å². The Labute approximate surface area is 110 Å². The molecule has 0 aromatic carbocycles. The van der Waals surface area contributed by atoms with Crippen molar-refractivity contribution in [2.24, 2.45) is 0 Å². The first-order valence-corrected chi connectivity index (χ1v) is 7.33. The van der Waals surface area contributed by atoms with Gasteiger partial charge in [0, 0.05) is 4.88 Å². The lowest BCUT2D eigenvalue weighted by atomic mass is 9.99. The van der Waals surface area contributed by atoms with Crippen LogP contribution in [0.15, 0.2) is 10.5 Å². The highest BCUT2D eigenvalue weighted by Crippen LogP contribution is 2.34. The van der Waals surface area contributed by atoms with Crippen LogP contribution in [0.4, 0.5) is 0 Å². The molecule has 0 unspecified atom stereocenters. The molecule has 0 aliphatic heterocycles. The summed E-state index contributed by atoms with van der Waals surface area (Å²) >= 11 is 1.81. The standard InChI is InChI=1S/C13H17N3OS/c1-2-14-8-12-15-16-13(17-12)11-7-9-5-3-4-6-10(9)18-11/h7,14H,2-6,8H2,1H3. The number of thiophene rings is 1. The van der Waals surface area contributed by atoms with Crippen LogP contribution in [0.5, 0.6) is 0 Å². The van der Waals surface area contributed by atoms with Crippen LogP contribution >= 0.6 is 11.3 Å². The van der Waals surface area contributed by atoms with Gasteiger partial charge in [-0.3, -0.25) is 0 Å². The summed E-state index contributed by atoms with van der Waals surface area (Å²) in [6.07, 6.45) is 5.02. The zero-order valence-electron chi connectivity index (χ0n) is 10.5. The van der Waals surface area contributed by atoms with E-state index in [1.54, 1.807) is 0 Å². The normalized spacial score (nSPS) is 14.7. The molecule has 0 atom stereocenters. The maximum Gasteiger partial charge on any atom is 0.257 e. The smallest absolute Gasteiger partial charge is 0.257 e. The SMILES string of the molecule is CCNCc1nnc(-c2cc3c(s2)CCCC3)o1. The number of aryl methyl sites for hydroxylation is 2. The largest absolute Gasteiger partial charge is 0.419 e. The lowest BCUT2D eigenvalue weighted by Gasteiger charge is -2.08. The Morgan fingerprint density at radius 2 is 2.22 bits per heavy atom. The van der Waals surface area contributed by atoms with E-state index >= 15 is 0 Å². The number of nitrogens with one attached hydrogen (secondary N) is 1. The molecule has 0 fully saturated rings. The fourth-order valence-electron chi connectivity index (χ4n) is 2.25. The maximum atomic E-state index is 5.68. The van der Waals surface area contributed by atoms with Gasteiger partial charge in [0.2, 0.25) is 5.89 Å². The maximum absolute atomic E-state index is 5.68. The van der Waals surface area contributed by atoms with Crippen LogP contribution in [-0.2, 0) is 19.4 Å². The summed E-state index contributed by atoms with van der Waals surface area (Å²) < 4.78 is 5.68. The van der Waals surface area contributed by atoms with Gasteiger partial charge in [-0.15, -0.1) is 21.5 Å². The Bertz CT molecular complexity index is 509. The Hall–Kier alpha value is -1.20. The van der Waals surface area contributed by atoms with Gasteiger partial charge < -0.3 is 9.73 Å². The first-order valence-electron chi connectivity index (χ1n) is 6.52. The molecule has 0 amide bonds. The topological polar surface area (TPSA) is 51.0 Å². The third-order valence-electron chi connectivity index (χ3n) is 3.20. The minimum atomic E-state index is 0.647. The summed E-state index contributed by atoms with van der Waals surface area (Å²) in [7, 11) is 0. The lowest BCUT2D eigenvalue weighted by Crippen LogP contribution is -2.11. The molecule has 2 heterocycles. The molecule has 1 N–H and O–H groups in total. The summed E-state index contributed by atoms with van der Waals surface area (Å²) in [6, 6.07) is 2.23. The Morgan fingerprint density at radius 1 is 1.33 bits per heavy atom. The molecule has 2 aromatic rings. The van der Waals surface area contributed by atoms with Crippen molar-refractivity contribution in [1.82, 2.24) is 15.5 Å². The van der Waals surface area contributed by atoms with Crippen molar-refractivity contribution >= 4 is 11.3 Å². The first-order chi connectivity index (χ1) is 8.86. The summed E-state index contributed by atoms with van der Waals surface area (Å²) in [5.41, 5.74) is 1.48. The highest BCUT2D eigenvalue weighted by molar-refractivity contribution is 7.15. The van der Waals surface area contributed by atoms with Gasteiger partial charge in [-0.2, -0.15) is 0 Å². The van der Waals surface area contributed by atoms with E-state index in [0.29, 0.717) is 18.3 Å². The number of hydrogen-bond donors (Lipinski definition) is 1. The van der Waals surface area contributed by atoms with Crippen molar-refractivity contribution in [1.29, 1.82) is 0 Å². The number of hydrogen-bond acceptors (Lipinski definition) is 5. The molecule has 3 rings (SSSR count). The van der Waals surface area contributed by atoms with E-state index in [9.17, 15) is 0 Å². The first kappa shape index (κ1) is 11.9. The highest BCUT2D eigenvalue weighted by Gasteiger charge is 2.17. The van der Waals surface area contributed by atoms with E-state index in [1.807, 2.05) is 11.3 Å². The minimum Gasteiger partial charge on any atom is -0.419 e. The van der Waals surface area contributed by atoms with Crippen molar-refractivity contribution in [3.63, 3.8) is 0 Å². The van der Waals surface area contributed by atoms with Crippen molar-refractivity contribution < 1.29 is 4.42 Å². The molecule has 0 saturated carbocycles. The van der Waals surface area contributed by atoms with E-state index in [-0.39, 0.29) is 0 Å². The predicted octanol–water partition coefficient (Wildman–Crippen LogP) is 2.79. The van der Waals surface area contributed by atoms with Gasteiger partial charge in [-0.25, -0.2) is 0 Å². The van der Waals surface area contributed by atoms with Gasteiger partial charge in [-0.05, 0) is 43.9 Å². The van der Waals surface area contributed by atoms with E-state index in [4.69, 9.17) is 4.42 Å². The van der Waals surface area contributed by atoms with E-state index < -0.39 is 0 Å². The Kier molecular flexibility index (Phi) is 3.43. The predicted molar refractivity (Wildman–Crippen MR) is 71.6 cm³/mol. The van der Waals surface area contributed by atoms with Crippen LogP contribution in [-0.4, -0.2) is 16.7 Å². The van der Waals surface area contributed by atoms with Gasteiger partial charge in [0.25, 0.3) is 5.89 Å². The van der Waals surface area contributed by atoms with Crippen LogP contribution in [0.3, 0.4) is 0 Å². The number of rotatable bonds is 4. The summed E-state index contributed by atoms with van der Waals surface area (Å²) in [4.78, 5) is 2.62. The summed E-state index contributed by atoms with van der Waals surface area (Å²) in [5.74, 6) is 1.33. The van der Waals surface area contributed by atoms with Crippen LogP contribution in [0, 0.1) is 0 Å². The van der Waals surface area contributed by atoms with Crippen LogP contribution in [0.2, 0.25) is 0 Å². The van der Waals surface area contributed by atoms with Crippen LogP contribution in [0.25, 0.3) is 10.8 Å². The van der Waals surface area contributed by atoms with E-state index in [2.05, 4.69) is 28.5 Å². The van der Waals surface area contributed by atoms with Gasteiger partial charge in [0.1, 0.15) is 0 Å². The molecule has 0 spiro atoms. The molecule has 0 bridgehead atoms. The molecule has 96 valence electrons. The number of nitrogens with zero attached hydrogens (tertiary/aromatic N) is 2. The van der Waals surface area contributed by atoms with Gasteiger partial charge in [0.15, 0.2) is 0 Å². The molecule has 0 saturated heterocycles. The lowest BCUT2D eigenvalue weighted by molar-refractivity contribution is 0.483. The van der Waals surface area contributed by atoms with E-state index in [0.717, 1.165) is 11.4 Å². The molecule has 4 nitrogen and oxygen atoms in total. The third kappa shape index (κ3) is 2.33. The van der Waals surface area contributed by atoms with Gasteiger partial charge in [-0.1, -0.05) is 6.92 Å². The quantitative estimate of drug-likeness (QED) is 0.921. The third-order valence-corrected chi connectivity index (χ3v) is 4.43. The molecule has 0 radical (unpaired) electrons. The molecule has 5 heteroatoms. The molecular weight excluding hydrogens is 246 g/mol. The fraction of sp³-hybridized carbons (Fsp3) is 0.538. The Morgan fingerprint density at radius 3 is 3.06 bits per heavy atom. The fourth-order valence-corrected chi connectivity index (χ4v) is 3.43. The monoisotopic (exact) mass is 263 g/mol. The van der Waals surface area contributed by atoms with E-state index in [1.165, 1.54) is 36.1 Å². The van der Waals surface area contributed by atoms with Crippen molar-refractivity contribution in [3.8, 4) is 10.8 Å². The second kappa shape index (κ2) is 5.20. The van der Waals surface area contributed by atoms with Crippen molar-refractivity contribution in [3.05, 3.63) is 22.4 Å². The molecule has 2 aromatic heterocycles.